The van der Waals surface area contributed by atoms with Gasteiger partial charge in [0.15, 0.2) is 0 Å². The third-order valence-electron chi connectivity index (χ3n) is 3.88. The van der Waals surface area contributed by atoms with Crippen LogP contribution in [0.5, 0.6) is 0 Å². The molecule has 1 unspecified atom stereocenters. The van der Waals surface area contributed by atoms with Crippen LogP contribution in [0.25, 0.3) is 0 Å². The molecule has 1 fully saturated rings. The SMILES string of the molecule is COC(=O)c1cc(CN2CCC(C)(CN)C2)oc1C.Cl. The normalized spacial score (nSPS) is 22.6. The third-order valence-corrected chi connectivity index (χ3v) is 3.88. The summed E-state index contributed by atoms with van der Waals surface area (Å²) in [5, 5.41) is 0. The smallest absolute Gasteiger partial charge is 0.341 e. The minimum atomic E-state index is -0.347. The summed E-state index contributed by atoms with van der Waals surface area (Å²) in [6.45, 7) is 7.39. The number of ether oxygens (including phenoxy) is 1. The molecule has 20 heavy (non-hydrogen) atoms. The van der Waals surface area contributed by atoms with Gasteiger partial charge in [-0.1, -0.05) is 6.92 Å². The topological polar surface area (TPSA) is 68.7 Å². The number of hydrogen-bond acceptors (Lipinski definition) is 5. The fourth-order valence-electron chi connectivity index (χ4n) is 2.58. The van der Waals surface area contributed by atoms with Crippen molar-refractivity contribution in [1.29, 1.82) is 0 Å². The molecule has 1 aromatic rings. The minimum Gasteiger partial charge on any atom is -0.465 e. The van der Waals surface area contributed by atoms with Gasteiger partial charge in [0.25, 0.3) is 0 Å². The molecule has 5 nitrogen and oxygen atoms in total. The van der Waals surface area contributed by atoms with Crippen molar-refractivity contribution in [3.05, 3.63) is 23.2 Å². The third kappa shape index (κ3) is 3.53. The molecule has 1 atom stereocenters. The van der Waals surface area contributed by atoms with Crippen LogP contribution in [0.1, 0.15) is 35.2 Å². The number of halogens is 1. The first-order chi connectivity index (χ1) is 8.97. The molecule has 0 saturated carbocycles. The molecule has 2 N–H and O–H groups in total. The maximum atomic E-state index is 11.5. The number of carbonyl (C=O) groups excluding carboxylic acids is 1. The van der Waals surface area contributed by atoms with Gasteiger partial charge in [0.1, 0.15) is 17.1 Å². The van der Waals surface area contributed by atoms with Gasteiger partial charge in [0.2, 0.25) is 0 Å². The molecule has 1 aromatic heterocycles. The van der Waals surface area contributed by atoms with E-state index >= 15 is 0 Å². The van der Waals surface area contributed by atoms with Crippen LogP contribution in [0, 0.1) is 12.3 Å². The van der Waals surface area contributed by atoms with Crippen molar-refractivity contribution in [2.45, 2.75) is 26.8 Å². The van der Waals surface area contributed by atoms with Gasteiger partial charge in [-0.05, 0) is 37.9 Å². The second kappa shape index (κ2) is 6.61. The first-order valence-electron chi connectivity index (χ1n) is 6.57. The Labute approximate surface area is 125 Å². The molecular weight excluding hydrogens is 280 g/mol. The highest BCUT2D eigenvalue weighted by atomic mass is 35.5. The first-order valence-corrected chi connectivity index (χ1v) is 6.57. The highest BCUT2D eigenvalue weighted by Gasteiger charge is 2.32. The molecule has 1 aliphatic heterocycles. The van der Waals surface area contributed by atoms with Crippen LogP contribution in [-0.4, -0.2) is 37.6 Å². The van der Waals surface area contributed by atoms with E-state index in [1.165, 1.54) is 7.11 Å². The van der Waals surface area contributed by atoms with E-state index in [0.29, 0.717) is 24.4 Å². The van der Waals surface area contributed by atoms with Crippen LogP contribution in [-0.2, 0) is 11.3 Å². The molecule has 0 bridgehead atoms. The van der Waals surface area contributed by atoms with Crippen molar-refractivity contribution in [1.82, 2.24) is 4.90 Å². The van der Waals surface area contributed by atoms with Crippen LogP contribution in [0.3, 0.4) is 0 Å². The van der Waals surface area contributed by atoms with E-state index in [9.17, 15) is 4.79 Å². The average Bonchev–Trinajstić information content (AvgIpc) is 2.93. The van der Waals surface area contributed by atoms with Gasteiger partial charge in [-0.2, -0.15) is 0 Å². The molecule has 0 aliphatic carbocycles. The second-order valence-corrected chi connectivity index (χ2v) is 5.65. The molecule has 6 heteroatoms. The lowest BCUT2D eigenvalue weighted by Crippen LogP contribution is -2.31. The molecule has 114 valence electrons. The predicted molar refractivity (Wildman–Crippen MR) is 79.1 cm³/mol. The van der Waals surface area contributed by atoms with E-state index in [-0.39, 0.29) is 23.8 Å². The lowest BCUT2D eigenvalue weighted by Gasteiger charge is -2.21. The van der Waals surface area contributed by atoms with E-state index in [0.717, 1.165) is 25.3 Å². The zero-order chi connectivity index (χ0) is 14.0. The number of rotatable bonds is 4. The molecule has 0 radical (unpaired) electrons. The van der Waals surface area contributed by atoms with Crippen molar-refractivity contribution in [2.24, 2.45) is 11.1 Å². The number of methoxy groups -OCH3 is 1. The maximum absolute atomic E-state index is 11.5. The van der Waals surface area contributed by atoms with Gasteiger partial charge in [-0.25, -0.2) is 4.79 Å². The van der Waals surface area contributed by atoms with Crippen molar-refractivity contribution in [3.63, 3.8) is 0 Å². The Kier molecular flexibility index (Phi) is 5.62. The van der Waals surface area contributed by atoms with Crippen LogP contribution in [0.2, 0.25) is 0 Å². The van der Waals surface area contributed by atoms with Gasteiger partial charge in [-0.15, -0.1) is 12.4 Å². The number of furan rings is 1. The number of esters is 1. The molecule has 0 spiro atoms. The quantitative estimate of drug-likeness (QED) is 0.861. The second-order valence-electron chi connectivity index (χ2n) is 5.65. The predicted octanol–water partition coefficient (Wildman–Crippen LogP) is 1.97. The monoisotopic (exact) mass is 302 g/mol. The summed E-state index contributed by atoms with van der Waals surface area (Å²) in [4.78, 5) is 13.8. The minimum absolute atomic E-state index is 0. The summed E-state index contributed by atoms with van der Waals surface area (Å²) in [5.41, 5.74) is 6.51. The van der Waals surface area contributed by atoms with Gasteiger partial charge < -0.3 is 14.9 Å². The fourth-order valence-corrected chi connectivity index (χ4v) is 2.58. The van der Waals surface area contributed by atoms with Gasteiger partial charge in [0, 0.05) is 6.54 Å². The molecule has 2 rings (SSSR count). The summed E-state index contributed by atoms with van der Waals surface area (Å²) in [6, 6.07) is 1.78. The largest absolute Gasteiger partial charge is 0.465 e. The Morgan fingerprint density at radius 1 is 1.60 bits per heavy atom. The Morgan fingerprint density at radius 2 is 2.30 bits per heavy atom. The van der Waals surface area contributed by atoms with E-state index in [1.54, 1.807) is 13.0 Å². The molecule has 0 amide bonds. The van der Waals surface area contributed by atoms with Crippen LogP contribution < -0.4 is 5.73 Å². The maximum Gasteiger partial charge on any atom is 0.341 e. The lowest BCUT2D eigenvalue weighted by atomic mass is 9.90. The van der Waals surface area contributed by atoms with E-state index in [4.69, 9.17) is 14.9 Å². The number of nitrogens with zero attached hydrogens (tertiary/aromatic N) is 1. The highest BCUT2D eigenvalue weighted by molar-refractivity contribution is 5.90. The summed E-state index contributed by atoms with van der Waals surface area (Å²) in [7, 11) is 1.38. The Hall–Kier alpha value is -1.04. The van der Waals surface area contributed by atoms with Crippen molar-refractivity contribution >= 4 is 18.4 Å². The van der Waals surface area contributed by atoms with Gasteiger partial charge in [0.05, 0.1) is 13.7 Å². The Balaban J connectivity index is 0.00000200. The highest BCUT2D eigenvalue weighted by Crippen LogP contribution is 2.30. The van der Waals surface area contributed by atoms with Crippen LogP contribution >= 0.6 is 12.4 Å². The molecule has 0 aromatic carbocycles. The molecule has 2 heterocycles. The summed E-state index contributed by atoms with van der Waals surface area (Å²) in [5.74, 6) is 1.07. The number of carbonyl (C=O) groups is 1. The van der Waals surface area contributed by atoms with Gasteiger partial charge >= 0.3 is 5.97 Å². The zero-order valence-electron chi connectivity index (χ0n) is 12.3. The van der Waals surface area contributed by atoms with Crippen LogP contribution in [0.15, 0.2) is 10.5 Å². The number of likely N-dealkylation sites (tertiary alicyclic amines) is 1. The standard InChI is InChI=1S/C14H22N2O3.ClH/c1-10-12(13(17)18-3)6-11(19-10)7-16-5-4-14(2,8-15)9-16;/h6H,4-5,7-9,15H2,1-3H3;1H. The van der Waals surface area contributed by atoms with Crippen molar-refractivity contribution < 1.29 is 13.9 Å². The summed E-state index contributed by atoms with van der Waals surface area (Å²) in [6.07, 6.45) is 1.10. The van der Waals surface area contributed by atoms with Crippen molar-refractivity contribution in [2.75, 3.05) is 26.7 Å². The van der Waals surface area contributed by atoms with Crippen molar-refractivity contribution in [3.8, 4) is 0 Å². The number of hydrogen-bond donors (Lipinski definition) is 1. The number of nitrogens with two attached hydrogens (primary N) is 1. The van der Waals surface area contributed by atoms with E-state index in [1.807, 2.05) is 0 Å². The van der Waals surface area contributed by atoms with E-state index in [2.05, 4.69) is 11.8 Å². The van der Waals surface area contributed by atoms with Gasteiger partial charge in [-0.3, -0.25) is 4.90 Å². The van der Waals surface area contributed by atoms with Crippen LogP contribution in [0.4, 0.5) is 0 Å². The lowest BCUT2D eigenvalue weighted by molar-refractivity contribution is 0.0599. The first kappa shape index (κ1) is 17.0. The fraction of sp³-hybridized carbons (Fsp3) is 0.643. The van der Waals surface area contributed by atoms with E-state index < -0.39 is 0 Å². The summed E-state index contributed by atoms with van der Waals surface area (Å²) < 4.78 is 10.3. The molecular formula is C14H23ClN2O3. The molecule has 1 aliphatic rings. The summed E-state index contributed by atoms with van der Waals surface area (Å²) >= 11 is 0. The Morgan fingerprint density at radius 3 is 2.85 bits per heavy atom. The average molecular weight is 303 g/mol. The Bertz CT molecular complexity index is 475. The zero-order valence-corrected chi connectivity index (χ0v) is 13.1. The molecule has 1 saturated heterocycles. The number of aryl methyl sites for hydroxylation is 1.